The first-order valence-electron chi connectivity index (χ1n) is 11.0. The number of amides is 1. The normalized spacial score (nSPS) is 20.7. The van der Waals surface area contributed by atoms with Gasteiger partial charge in [0.25, 0.3) is 5.56 Å². The van der Waals surface area contributed by atoms with E-state index in [1.807, 2.05) is 20.9 Å². The number of pyridine rings is 1. The number of likely N-dealkylation sites (tertiary alicyclic amines) is 1. The molecule has 29 heavy (non-hydrogen) atoms. The van der Waals surface area contributed by atoms with Gasteiger partial charge in [-0.05, 0) is 51.0 Å². The van der Waals surface area contributed by atoms with E-state index in [0.29, 0.717) is 18.4 Å². The molecule has 7 nitrogen and oxygen atoms in total. The van der Waals surface area contributed by atoms with Gasteiger partial charge in [-0.3, -0.25) is 14.3 Å². The second-order valence-electron chi connectivity index (χ2n) is 8.95. The maximum absolute atomic E-state index is 12.5. The van der Waals surface area contributed by atoms with E-state index in [2.05, 4.69) is 20.3 Å². The molecule has 2 fully saturated rings. The highest BCUT2D eigenvalue weighted by atomic mass is 16.1. The molecule has 3 heterocycles. The van der Waals surface area contributed by atoms with Crippen LogP contribution in [-0.4, -0.2) is 51.2 Å². The molecular weight excluding hydrogens is 366 g/mol. The number of hydrogen-bond acceptors (Lipinski definition) is 4. The summed E-state index contributed by atoms with van der Waals surface area (Å²) < 4.78 is 1.70. The molecule has 7 heteroatoms. The van der Waals surface area contributed by atoms with Crippen LogP contribution >= 0.6 is 0 Å². The Morgan fingerprint density at radius 3 is 2.76 bits per heavy atom. The van der Waals surface area contributed by atoms with Crippen molar-refractivity contribution in [3.8, 4) is 0 Å². The van der Waals surface area contributed by atoms with Crippen molar-refractivity contribution in [3.05, 3.63) is 27.2 Å². The number of aryl methyl sites for hydroxylation is 3. The number of fused-ring (bicyclic) bond motifs is 1. The highest BCUT2D eigenvalue weighted by molar-refractivity contribution is 5.83. The monoisotopic (exact) mass is 399 g/mol. The molecule has 1 amide bonds. The van der Waals surface area contributed by atoms with Gasteiger partial charge in [0.05, 0.1) is 5.69 Å². The Balaban J connectivity index is 1.33. The van der Waals surface area contributed by atoms with Crippen molar-refractivity contribution in [1.82, 2.24) is 25.0 Å². The second kappa shape index (κ2) is 8.30. The summed E-state index contributed by atoms with van der Waals surface area (Å²) >= 11 is 0. The van der Waals surface area contributed by atoms with Gasteiger partial charge in [-0.2, -0.15) is 5.10 Å². The van der Waals surface area contributed by atoms with Crippen molar-refractivity contribution in [1.29, 1.82) is 0 Å². The molecule has 1 unspecified atom stereocenters. The van der Waals surface area contributed by atoms with Crippen LogP contribution in [0.25, 0.3) is 11.0 Å². The minimum Gasteiger partial charge on any atom is -0.352 e. The number of aromatic nitrogens is 3. The number of H-pyrrole nitrogens is 1. The quantitative estimate of drug-likeness (QED) is 0.780. The van der Waals surface area contributed by atoms with E-state index in [0.717, 1.165) is 47.7 Å². The molecule has 0 bridgehead atoms. The van der Waals surface area contributed by atoms with Gasteiger partial charge in [-0.1, -0.05) is 12.8 Å². The Labute approximate surface area is 171 Å². The van der Waals surface area contributed by atoms with Gasteiger partial charge in [0.2, 0.25) is 5.91 Å². The predicted octanol–water partition coefficient (Wildman–Crippen LogP) is 2.19. The molecule has 1 saturated carbocycles. The zero-order valence-electron chi connectivity index (χ0n) is 17.9. The molecular formula is C22H33N5O2. The Hall–Kier alpha value is -2.15. The fourth-order valence-electron chi connectivity index (χ4n) is 5.27. The lowest BCUT2D eigenvalue weighted by Gasteiger charge is -2.20. The minimum atomic E-state index is -0.116. The van der Waals surface area contributed by atoms with Crippen LogP contribution in [0.15, 0.2) is 4.79 Å². The maximum Gasteiger partial charge on any atom is 0.253 e. The van der Waals surface area contributed by atoms with E-state index in [4.69, 9.17) is 0 Å². The molecule has 1 saturated heterocycles. The molecule has 2 aromatic heterocycles. The lowest BCUT2D eigenvalue weighted by molar-refractivity contribution is -0.121. The van der Waals surface area contributed by atoms with E-state index >= 15 is 0 Å². The molecule has 0 aromatic carbocycles. The number of aromatic amines is 1. The summed E-state index contributed by atoms with van der Waals surface area (Å²) in [6, 6.07) is 0.242. The number of nitrogens with zero attached hydrogens (tertiary/aromatic N) is 3. The molecule has 0 spiro atoms. The van der Waals surface area contributed by atoms with Crippen molar-refractivity contribution in [2.45, 2.75) is 64.8 Å². The highest BCUT2D eigenvalue weighted by Gasteiger charge is 2.27. The predicted molar refractivity (Wildman–Crippen MR) is 114 cm³/mol. The maximum atomic E-state index is 12.5. The van der Waals surface area contributed by atoms with E-state index in [-0.39, 0.29) is 17.5 Å². The first kappa shape index (κ1) is 20.1. The zero-order valence-corrected chi connectivity index (χ0v) is 17.9. The van der Waals surface area contributed by atoms with Crippen LogP contribution in [0.5, 0.6) is 0 Å². The van der Waals surface area contributed by atoms with Crippen molar-refractivity contribution >= 4 is 16.9 Å². The minimum absolute atomic E-state index is 0.0412. The SMILES string of the molecule is Cc1nn(C)c2[nH]c(=O)c(CCC(=O)NC3CCN(CC4CCCC4)C3)c(C)c12. The molecule has 158 valence electrons. The molecule has 0 radical (unpaired) electrons. The Kier molecular flexibility index (Phi) is 5.76. The summed E-state index contributed by atoms with van der Waals surface area (Å²) in [7, 11) is 1.83. The van der Waals surface area contributed by atoms with Gasteiger partial charge in [0.15, 0.2) is 0 Å². The van der Waals surface area contributed by atoms with Crippen LogP contribution in [0.2, 0.25) is 0 Å². The van der Waals surface area contributed by atoms with Crippen LogP contribution in [-0.2, 0) is 18.3 Å². The molecule has 1 aliphatic heterocycles. The van der Waals surface area contributed by atoms with Gasteiger partial charge < -0.3 is 15.2 Å². The van der Waals surface area contributed by atoms with Crippen LogP contribution in [0, 0.1) is 19.8 Å². The lowest BCUT2D eigenvalue weighted by atomic mass is 10.0. The van der Waals surface area contributed by atoms with Crippen LogP contribution in [0.4, 0.5) is 0 Å². The van der Waals surface area contributed by atoms with Crippen LogP contribution in [0.3, 0.4) is 0 Å². The first-order chi connectivity index (χ1) is 13.9. The molecule has 2 aromatic rings. The summed E-state index contributed by atoms with van der Waals surface area (Å²) in [6.07, 6.45) is 7.30. The van der Waals surface area contributed by atoms with Gasteiger partial charge in [-0.15, -0.1) is 0 Å². The zero-order chi connectivity index (χ0) is 20.5. The Morgan fingerprint density at radius 1 is 1.24 bits per heavy atom. The third-order valence-corrected chi connectivity index (χ3v) is 6.79. The summed E-state index contributed by atoms with van der Waals surface area (Å²) in [5.74, 6) is 0.893. The van der Waals surface area contributed by atoms with Crippen molar-refractivity contribution in [2.24, 2.45) is 13.0 Å². The number of nitrogens with one attached hydrogen (secondary N) is 2. The van der Waals surface area contributed by atoms with Crippen LogP contribution < -0.4 is 10.9 Å². The van der Waals surface area contributed by atoms with E-state index in [1.165, 1.54) is 32.2 Å². The van der Waals surface area contributed by atoms with Crippen LogP contribution in [0.1, 0.15) is 55.3 Å². The van der Waals surface area contributed by atoms with Gasteiger partial charge in [0, 0.05) is 50.1 Å². The standard InChI is InChI=1S/C22H33N5O2/c1-14-18(22(29)24-21-20(14)15(2)25-26(21)3)8-9-19(28)23-17-10-11-27(13-17)12-16-6-4-5-7-16/h16-17H,4-13H2,1-3H3,(H,23,28)(H,24,29). The number of carbonyl (C=O) groups is 1. The molecule has 2 N–H and O–H groups in total. The molecule has 1 aliphatic carbocycles. The Bertz CT molecular complexity index is 954. The summed E-state index contributed by atoms with van der Waals surface area (Å²) in [4.78, 5) is 30.5. The summed E-state index contributed by atoms with van der Waals surface area (Å²) in [5, 5.41) is 8.58. The fourth-order valence-corrected chi connectivity index (χ4v) is 5.27. The van der Waals surface area contributed by atoms with E-state index in [1.54, 1.807) is 4.68 Å². The first-order valence-corrected chi connectivity index (χ1v) is 11.0. The Morgan fingerprint density at radius 2 is 2.00 bits per heavy atom. The largest absolute Gasteiger partial charge is 0.352 e. The number of rotatable bonds is 6. The fraction of sp³-hybridized carbons (Fsp3) is 0.682. The third kappa shape index (κ3) is 4.25. The number of carbonyl (C=O) groups excluding carboxylic acids is 1. The summed E-state index contributed by atoms with van der Waals surface area (Å²) in [6.45, 7) is 7.13. The topological polar surface area (TPSA) is 83.0 Å². The average molecular weight is 400 g/mol. The third-order valence-electron chi connectivity index (χ3n) is 6.79. The lowest BCUT2D eigenvalue weighted by Crippen LogP contribution is -2.38. The highest BCUT2D eigenvalue weighted by Crippen LogP contribution is 2.26. The van der Waals surface area contributed by atoms with Crippen molar-refractivity contribution < 1.29 is 4.79 Å². The number of hydrogen-bond donors (Lipinski definition) is 2. The summed E-state index contributed by atoms with van der Waals surface area (Å²) in [5.41, 5.74) is 3.15. The molecule has 1 atom stereocenters. The molecule has 4 rings (SSSR count). The van der Waals surface area contributed by atoms with E-state index < -0.39 is 0 Å². The van der Waals surface area contributed by atoms with Gasteiger partial charge >= 0.3 is 0 Å². The van der Waals surface area contributed by atoms with Crippen molar-refractivity contribution in [3.63, 3.8) is 0 Å². The van der Waals surface area contributed by atoms with E-state index in [9.17, 15) is 9.59 Å². The molecule has 2 aliphatic rings. The van der Waals surface area contributed by atoms with Crippen molar-refractivity contribution in [2.75, 3.05) is 19.6 Å². The van der Waals surface area contributed by atoms with Gasteiger partial charge in [-0.25, -0.2) is 0 Å². The van der Waals surface area contributed by atoms with Gasteiger partial charge in [0.1, 0.15) is 5.65 Å². The smallest absolute Gasteiger partial charge is 0.253 e. The second-order valence-corrected chi connectivity index (χ2v) is 8.95. The average Bonchev–Trinajstić information content (AvgIpc) is 3.38.